The van der Waals surface area contributed by atoms with E-state index in [0.717, 1.165) is 11.1 Å². The second-order valence-corrected chi connectivity index (χ2v) is 7.52. The van der Waals surface area contributed by atoms with Crippen molar-refractivity contribution in [3.63, 3.8) is 0 Å². The van der Waals surface area contributed by atoms with Crippen molar-refractivity contribution in [2.45, 2.75) is 39.0 Å². The molecule has 0 aliphatic rings. The maximum atomic E-state index is 12.9. The Kier molecular flexibility index (Phi) is 9.23. The van der Waals surface area contributed by atoms with E-state index in [1.54, 1.807) is 38.1 Å². The molecule has 2 aromatic rings. The van der Waals surface area contributed by atoms with Gasteiger partial charge in [0.2, 0.25) is 5.91 Å². The lowest BCUT2D eigenvalue weighted by molar-refractivity contribution is -0.145. The zero-order valence-electron chi connectivity index (χ0n) is 18.3. The SMILES string of the molecule is COC(=O)[C@@H](Cc1ccc(C#N)cc1)NC(=O)[C@@H](NC(=O)OCc1ccccc1)C(C)C. The minimum Gasteiger partial charge on any atom is -0.467 e. The number of hydrogen-bond donors (Lipinski definition) is 2. The van der Waals surface area contributed by atoms with Crippen molar-refractivity contribution in [2.75, 3.05) is 7.11 Å². The number of nitrogens with one attached hydrogen (secondary N) is 2. The fraction of sp³-hybridized carbons (Fsp3) is 0.333. The molecule has 0 aromatic heterocycles. The molecule has 0 saturated heterocycles. The second kappa shape index (κ2) is 12.1. The zero-order valence-corrected chi connectivity index (χ0v) is 18.3. The number of benzene rings is 2. The molecule has 0 spiro atoms. The van der Waals surface area contributed by atoms with Crippen LogP contribution in [0.3, 0.4) is 0 Å². The molecule has 0 saturated carbocycles. The molecule has 2 rings (SSSR count). The Bertz CT molecular complexity index is 952. The van der Waals surface area contributed by atoms with Gasteiger partial charge in [-0.25, -0.2) is 9.59 Å². The summed E-state index contributed by atoms with van der Waals surface area (Å²) in [7, 11) is 1.24. The number of amides is 2. The maximum absolute atomic E-state index is 12.9. The predicted molar refractivity (Wildman–Crippen MR) is 117 cm³/mol. The van der Waals surface area contributed by atoms with Crippen LogP contribution >= 0.6 is 0 Å². The quantitative estimate of drug-likeness (QED) is 0.583. The van der Waals surface area contributed by atoms with E-state index in [9.17, 15) is 14.4 Å². The highest BCUT2D eigenvalue weighted by atomic mass is 16.5. The number of alkyl carbamates (subject to hydrolysis) is 1. The number of carbonyl (C=O) groups excluding carboxylic acids is 3. The van der Waals surface area contributed by atoms with Crippen LogP contribution in [0.2, 0.25) is 0 Å². The molecular weight excluding hydrogens is 410 g/mol. The molecule has 0 bridgehead atoms. The smallest absolute Gasteiger partial charge is 0.408 e. The van der Waals surface area contributed by atoms with Gasteiger partial charge in [0.15, 0.2) is 0 Å². The van der Waals surface area contributed by atoms with E-state index in [4.69, 9.17) is 14.7 Å². The topological polar surface area (TPSA) is 118 Å². The van der Waals surface area contributed by atoms with E-state index in [0.29, 0.717) is 5.56 Å². The van der Waals surface area contributed by atoms with Gasteiger partial charge in [-0.2, -0.15) is 5.26 Å². The molecule has 168 valence electrons. The van der Waals surface area contributed by atoms with E-state index in [-0.39, 0.29) is 18.9 Å². The fourth-order valence-electron chi connectivity index (χ4n) is 2.97. The highest BCUT2D eigenvalue weighted by Gasteiger charge is 2.29. The number of carbonyl (C=O) groups is 3. The highest BCUT2D eigenvalue weighted by Crippen LogP contribution is 2.10. The lowest BCUT2D eigenvalue weighted by atomic mass is 10.0. The monoisotopic (exact) mass is 437 g/mol. The molecule has 2 atom stereocenters. The van der Waals surface area contributed by atoms with E-state index in [2.05, 4.69) is 10.6 Å². The first-order valence-corrected chi connectivity index (χ1v) is 10.2. The number of ether oxygens (including phenoxy) is 2. The largest absolute Gasteiger partial charge is 0.467 e. The number of esters is 1. The molecule has 32 heavy (non-hydrogen) atoms. The first-order valence-electron chi connectivity index (χ1n) is 10.2. The number of rotatable bonds is 9. The van der Waals surface area contributed by atoms with Gasteiger partial charge in [-0.1, -0.05) is 56.3 Å². The molecule has 8 nitrogen and oxygen atoms in total. The van der Waals surface area contributed by atoms with Crippen LogP contribution in [-0.4, -0.2) is 37.2 Å². The normalized spacial score (nSPS) is 12.2. The Morgan fingerprint density at radius 1 is 0.969 bits per heavy atom. The first-order chi connectivity index (χ1) is 15.3. The number of nitriles is 1. The summed E-state index contributed by atoms with van der Waals surface area (Å²) in [6.45, 7) is 3.62. The van der Waals surface area contributed by atoms with Crippen molar-refractivity contribution in [2.24, 2.45) is 5.92 Å². The van der Waals surface area contributed by atoms with Crippen LogP contribution in [0.15, 0.2) is 54.6 Å². The molecule has 0 unspecified atom stereocenters. The van der Waals surface area contributed by atoms with Gasteiger partial charge in [0.1, 0.15) is 18.7 Å². The van der Waals surface area contributed by atoms with E-state index in [1.165, 1.54) is 7.11 Å². The van der Waals surface area contributed by atoms with Crippen molar-refractivity contribution in [1.29, 1.82) is 5.26 Å². The second-order valence-electron chi connectivity index (χ2n) is 7.52. The predicted octanol–water partition coefficient (Wildman–Crippen LogP) is 2.71. The van der Waals surface area contributed by atoms with Crippen LogP contribution in [0.5, 0.6) is 0 Å². The van der Waals surface area contributed by atoms with E-state index < -0.39 is 30.1 Å². The van der Waals surface area contributed by atoms with Crippen molar-refractivity contribution >= 4 is 18.0 Å². The Hall–Kier alpha value is -3.86. The first kappa shape index (κ1) is 24.4. The van der Waals surface area contributed by atoms with Crippen LogP contribution in [0.4, 0.5) is 4.79 Å². The molecule has 0 aliphatic heterocycles. The van der Waals surface area contributed by atoms with Crippen LogP contribution in [0, 0.1) is 17.2 Å². The van der Waals surface area contributed by atoms with Crippen molar-refractivity contribution < 1.29 is 23.9 Å². The lowest BCUT2D eigenvalue weighted by Crippen LogP contribution is -2.54. The Labute approximate surface area is 187 Å². The summed E-state index contributed by atoms with van der Waals surface area (Å²) in [5.41, 5.74) is 2.06. The fourth-order valence-corrected chi connectivity index (χ4v) is 2.97. The van der Waals surface area contributed by atoms with Crippen LogP contribution in [-0.2, 0) is 32.1 Å². The maximum Gasteiger partial charge on any atom is 0.408 e. The molecule has 2 amide bonds. The van der Waals surface area contributed by atoms with Crippen LogP contribution < -0.4 is 10.6 Å². The summed E-state index contributed by atoms with van der Waals surface area (Å²) in [6.07, 6.45) is -0.558. The average molecular weight is 437 g/mol. The molecular formula is C24H27N3O5. The summed E-state index contributed by atoms with van der Waals surface area (Å²) in [5, 5.41) is 14.1. The third-order valence-corrected chi connectivity index (χ3v) is 4.76. The standard InChI is InChI=1S/C24H27N3O5/c1-16(2)21(27-24(30)32-15-19-7-5-4-6-8-19)22(28)26-20(23(29)31-3)13-17-9-11-18(14-25)12-10-17/h4-12,16,20-21H,13,15H2,1-3H3,(H,26,28)(H,27,30)/t20-,21+/m1/s1. The molecule has 2 N–H and O–H groups in total. The van der Waals surface area contributed by atoms with Crippen molar-refractivity contribution in [3.8, 4) is 6.07 Å². The summed E-state index contributed by atoms with van der Waals surface area (Å²) < 4.78 is 10.0. The van der Waals surface area contributed by atoms with Crippen LogP contribution in [0.25, 0.3) is 0 Å². The minimum absolute atomic E-state index is 0.0720. The summed E-state index contributed by atoms with van der Waals surface area (Å²) in [4.78, 5) is 37.4. The van der Waals surface area contributed by atoms with Gasteiger partial charge in [0.05, 0.1) is 18.7 Å². The highest BCUT2D eigenvalue weighted by molar-refractivity contribution is 5.90. The summed E-state index contributed by atoms with van der Waals surface area (Å²) >= 11 is 0. The van der Waals surface area contributed by atoms with Gasteiger partial charge >= 0.3 is 12.1 Å². The molecule has 0 heterocycles. The van der Waals surface area contributed by atoms with Gasteiger partial charge in [-0.15, -0.1) is 0 Å². The number of nitrogens with zero attached hydrogens (tertiary/aromatic N) is 1. The summed E-state index contributed by atoms with van der Waals surface area (Å²) in [6, 6.07) is 16.0. The van der Waals surface area contributed by atoms with E-state index in [1.807, 2.05) is 36.4 Å². The van der Waals surface area contributed by atoms with Gasteiger partial charge < -0.3 is 20.1 Å². The molecule has 2 aromatic carbocycles. The lowest BCUT2D eigenvalue weighted by Gasteiger charge is -2.24. The molecule has 0 radical (unpaired) electrons. The Balaban J connectivity index is 2.02. The van der Waals surface area contributed by atoms with Gasteiger partial charge in [-0.05, 0) is 29.2 Å². The third kappa shape index (κ3) is 7.43. The van der Waals surface area contributed by atoms with Gasteiger partial charge in [-0.3, -0.25) is 4.79 Å². The van der Waals surface area contributed by atoms with Gasteiger partial charge in [0.25, 0.3) is 0 Å². The Morgan fingerprint density at radius 2 is 1.62 bits per heavy atom. The van der Waals surface area contributed by atoms with Crippen molar-refractivity contribution in [3.05, 3.63) is 71.3 Å². The average Bonchev–Trinajstić information content (AvgIpc) is 2.81. The molecule has 0 aliphatic carbocycles. The summed E-state index contributed by atoms with van der Waals surface area (Å²) in [5.74, 6) is -1.40. The molecule has 0 fully saturated rings. The molecule has 8 heteroatoms. The number of hydrogen-bond acceptors (Lipinski definition) is 6. The van der Waals surface area contributed by atoms with Crippen LogP contribution in [0.1, 0.15) is 30.5 Å². The third-order valence-electron chi connectivity index (χ3n) is 4.76. The number of methoxy groups -OCH3 is 1. The Morgan fingerprint density at radius 3 is 2.19 bits per heavy atom. The van der Waals surface area contributed by atoms with Crippen molar-refractivity contribution in [1.82, 2.24) is 10.6 Å². The minimum atomic E-state index is -0.955. The van der Waals surface area contributed by atoms with Gasteiger partial charge in [0, 0.05) is 6.42 Å². The zero-order chi connectivity index (χ0) is 23.5. The van der Waals surface area contributed by atoms with E-state index >= 15 is 0 Å².